The summed E-state index contributed by atoms with van der Waals surface area (Å²) in [6.45, 7) is 5.93. The number of aromatic nitrogens is 2. The maximum Gasteiger partial charge on any atom is 0.258 e. The summed E-state index contributed by atoms with van der Waals surface area (Å²) in [5.41, 5.74) is 1.02. The van der Waals surface area contributed by atoms with Gasteiger partial charge in [-0.2, -0.15) is 0 Å². The highest BCUT2D eigenvalue weighted by atomic mass is 32.2. The molecule has 3 rings (SSSR count). The second-order valence-corrected chi connectivity index (χ2v) is 9.26. The molecule has 168 valence electrons. The van der Waals surface area contributed by atoms with Crippen LogP contribution in [0.2, 0.25) is 0 Å². The number of hydrogen-bond acceptors (Lipinski definition) is 5. The zero-order valence-corrected chi connectivity index (χ0v) is 19.0. The van der Waals surface area contributed by atoms with E-state index >= 15 is 0 Å². The zero-order chi connectivity index (χ0) is 23.3. The van der Waals surface area contributed by atoms with Gasteiger partial charge in [0.1, 0.15) is 5.82 Å². The molecule has 0 radical (unpaired) electrons. The van der Waals surface area contributed by atoms with Crippen molar-refractivity contribution in [3.05, 3.63) is 76.3 Å². The fourth-order valence-corrected chi connectivity index (χ4v) is 4.22. The average molecular weight is 455 g/mol. The fourth-order valence-electron chi connectivity index (χ4n) is 3.18. The predicted molar refractivity (Wildman–Crippen MR) is 124 cm³/mol. The van der Waals surface area contributed by atoms with Gasteiger partial charge in [0.15, 0.2) is 0 Å². The molecule has 9 heteroatoms. The Hall–Kier alpha value is -3.30. The summed E-state index contributed by atoms with van der Waals surface area (Å²) in [4.78, 5) is 34.1. The van der Waals surface area contributed by atoms with Crippen LogP contribution in [0.15, 0.2) is 64.3 Å². The number of hydrogen-bond donors (Lipinski definition) is 2. The fraction of sp³-hybridized carbons (Fsp3) is 0.261. The molecular weight excluding hydrogens is 428 g/mol. The van der Waals surface area contributed by atoms with Gasteiger partial charge in [-0.15, -0.1) is 0 Å². The highest BCUT2D eigenvalue weighted by Crippen LogP contribution is 2.13. The Bertz CT molecular complexity index is 1300. The van der Waals surface area contributed by atoms with Gasteiger partial charge < -0.3 is 9.88 Å². The van der Waals surface area contributed by atoms with E-state index in [0.717, 1.165) is 0 Å². The number of para-hydroxylation sites is 1. The molecule has 0 aliphatic carbocycles. The molecule has 2 aromatic carbocycles. The lowest BCUT2D eigenvalue weighted by Gasteiger charge is -2.25. The van der Waals surface area contributed by atoms with Crippen molar-refractivity contribution in [2.75, 3.05) is 6.54 Å². The van der Waals surface area contributed by atoms with Crippen LogP contribution >= 0.6 is 0 Å². The van der Waals surface area contributed by atoms with Crippen LogP contribution in [0, 0.1) is 0 Å². The van der Waals surface area contributed by atoms with Gasteiger partial charge in [-0.1, -0.05) is 31.2 Å². The minimum Gasteiger partial charge on any atom is -0.329 e. The number of carbonyl (C=O) groups is 1. The molecule has 0 saturated carbocycles. The zero-order valence-electron chi connectivity index (χ0n) is 18.2. The Morgan fingerprint density at radius 1 is 1.16 bits per heavy atom. The van der Waals surface area contributed by atoms with E-state index in [4.69, 9.17) is 0 Å². The van der Waals surface area contributed by atoms with Gasteiger partial charge in [-0.3, -0.25) is 9.59 Å². The molecule has 8 nitrogen and oxygen atoms in total. The maximum absolute atomic E-state index is 12.8. The number of amides is 1. The van der Waals surface area contributed by atoms with Crippen molar-refractivity contribution < 1.29 is 13.2 Å². The third-order valence-corrected chi connectivity index (χ3v) is 6.39. The van der Waals surface area contributed by atoms with Crippen LogP contribution in [0.3, 0.4) is 0 Å². The normalized spacial score (nSPS) is 12.0. The second kappa shape index (κ2) is 9.88. The first kappa shape index (κ1) is 23.4. The Balaban J connectivity index is 1.77. The van der Waals surface area contributed by atoms with E-state index in [2.05, 4.69) is 14.7 Å². The number of aromatic amines is 1. The van der Waals surface area contributed by atoms with E-state index < -0.39 is 10.0 Å². The van der Waals surface area contributed by atoms with Crippen molar-refractivity contribution in [2.24, 2.45) is 0 Å². The molecule has 0 spiro atoms. The highest BCUT2D eigenvalue weighted by Gasteiger charge is 2.17. The van der Waals surface area contributed by atoms with Crippen LogP contribution in [0.25, 0.3) is 17.0 Å². The van der Waals surface area contributed by atoms with Crippen LogP contribution in [0.1, 0.15) is 32.2 Å². The summed E-state index contributed by atoms with van der Waals surface area (Å²) in [6.07, 6.45) is 3.05. The standard InChI is InChI=1S/C23H26N4O4S/c1-4-24-32(30,31)18-12-9-17(10-13-18)11-14-22(28)27(16(2)3)15-21-25-20-8-6-5-7-19(20)23(29)26-21/h5-14,16,24H,4,15H2,1-3H3,(H,25,26,29)/b14-11+. The SMILES string of the molecule is CCNS(=O)(=O)c1ccc(/C=C/C(=O)N(Cc2nc3ccccc3c(=O)[nH]2)C(C)C)cc1. The molecule has 1 aromatic heterocycles. The molecule has 2 N–H and O–H groups in total. The summed E-state index contributed by atoms with van der Waals surface area (Å²) < 4.78 is 26.5. The largest absolute Gasteiger partial charge is 0.329 e. The molecule has 3 aromatic rings. The Kier molecular flexibility index (Phi) is 7.22. The van der Waals surface area contributed by atoms with Gasteiger partial charge in [0, 0.05) is 18.7 Å². The van der Waals surface area contributed by atoms with Crippen molar-refractivity contribution in [2.45, 2.75) is 38.3 Å². The van der Waals surface area contributed by atoms with Gasteiger partial charge in [0.05, 0.1) is 22.3 Å². The van der Waals surface area contributed by atoms with Crippen LogP contribution < -0.4 is 10.3 Å². The van der Waals surface area contributed by atoms with Gasteiger partial charge in [0.25, 0.3) is 5.56 Å². The Morgan fingerprint density at radius 2 is 1.84 bits per heavy atom. The summed E-state index contributed by atoms with van der Waals surface area (Å²) in [5, 5.41) is 0.498. The molecule has 0 fully saturated rings. The predicted octanol–water partition coefficient (Wildman–Crippen LogP) is 2.67. The minimum absolute atomic E-state index is 0.128. The third kappa shape index (κ3) is 5.49. The quantitative estimate of drug-likeness (QED) is 0.508. The smallest absolute Gasteiger partial charge is 0.258 e. The van der Waals surface area contributed by atoms with Gasteiger partial charge >= 0.3 is 0 Å². The lowest BCUT2D eigenvalue weighted by atomic mass is 10.2. The molecule has 1 heterocycles. The average Bonchev–Trinajstić information content (AvgIpc) is 2.76. The first-order valence-electron chi connectivity index (χ1n) is 10.3. The first-order chi connectivity index (χ1) is 15.2. The lowest BCUT2D eigenvalue weighted by Crippen LogP contribution is -2.36. The molecule has 0 aliphatic heterocycles. The van der Waals surface area contributed by atoms with Gasteiger partial charge in [-0.05, 0) is 49.8 Å². The summed E-state index contributed by atoms with van der Waals surface area (Å²) in [5.74, 6) is 0.155. The van der Waals surface area contributed by atoms with Crippen molar-refractivity contribution in [1.82, 2.24) is 19.6 Å². The number of sulfonamides is 1. The maximum atomic E-state index is 12.8. The molecule has 0 bridgehead atoms. The first-order valence-corrected chi connectivity index (χ1v) is 11.8. The lowest BCUT2D eigenvalue weighted by molar-refractivity contribution is -0.128. The number of rotatable bonds is 8. The van der Waals surface area contributed by atoms with E-state index in [1.807, 2.05) is 19.9 Å². The number of nitrogens with one attached hydrogen (secondary N) is 2. The highest BCUT2D eigenvalue weighted by molar-refractivity contribution is 7.89. The van der Waals surface area contributed by atoms with E-state index in [-0.39, 0.29) is 28.9 Å². The molecule has 0 unspecified atom stereocenters. The summed E-state index contributed by atoms with van der Waals surface area (Å²) in [6, 6.07) is 13.2. The van der Waals surface area contributed by atoms with Crippen molar-refractivity contribution in [1.29, 1.82) is 0 Å². The summed E-state index contributed by atoms with van der Waals surface area (Å²) >= 11 is 0. The number of H-pyrrole nitrogens is 1. The van der Waals surface area contributed by atoms with E-state index in [1.54, 1.807) is 48.2 Å². The van der Waals surface area contributed by atoms with E-state index in [1.165, 1.54) is 18.2 Å². The van der Waals surface area contributed by atoms with Crippen LogP contribution in [-0.2, 0) is 21.4 Å². The van der Waals surface area contributed by atoms with E-state index in [9.17, 15) is 18.0 Å². The third-order valence-electron chi connectivity index (χ3n) is 4.83. The number of fused-ring (bicyclic) bond motifs is 1. The summed E-state index contributed by atoms with van der Waals surface area (Å²) in [7, 11) is -3.52. The molecule has 0 saturated heterocycles. The molecule has 0 atom stereocenters. The molecular formula is C23H26N4O4S. The van der Waals surface area contributed by atoms with Crippen molar-refractivity contribution in [3.8, 4) is 0 Å². The Morgan fingerprint density at radius 3 is 2.50 bits per heavy atom. The van der Waals surface area contributed by atoms with Crippen LogP contribution in [0.5, 0.6) is 0 Å². The van der Waals surface area contributed by atoms with Gasteiger partial charge in [-0.25, -0.2) is 18.1 Å². The van der Waals surface area contributed by atoms with Crippen LogP contribution in [-0.4, -0.2) is 41.8 Å². The van der Waals surface area contributed by atoms with Crippen molar-refractivity contribution >= 4 is 32.9 Å². The minimum atomic E-state index is -3.52. The number of carbonyl (C=O) groups excluding carboxylic acids is 1. The number of benzene rings is 2. The van der Waals surface area contributed by atoms with Crippen molar-refractivity contribution in [3.63, 3.8) is 0 Å². The molecule has 0 aliphatic rings. The van der Waals surface area contributed by atoms with E-state index in [0.29, 0.717) is 28.8 Å². The van der Waals surface area contributed by atoms with Gasteiger partial charge in [0.2, 0.25) is 15.9 Å². The molecule has 1 amide bonds. The Labute approximate surface area is 187 Å². The number of nitrogens with zero attached hydrogens (tertiary/aromatic N) is 2. The second-order valence-electron chi connectivity index (χ2n) is 7.49. The molecule has 32 heavy (non-hydrogen) atoms. The monoisotopic (exact) mass is 454 g/mol. The topological polar surface area (TPSA) is 112 Å². The van der Waals surface area contributed by atoms with Crippen LogP contribution in [0.4, 0.5) is 0 Å².